The number of ether oxygens (including phenoxy) is 1. The lowest BCUT2D eigenvalue weighted by molar-refractivity contribution is -0.131. The van der Waals surface area contributed by atoms with Crippen molar-refractivity contribution in [2.24, 2.45) is 0 Å². The first-order valence-corrected chi connectivity index (χ1v) is 16.6. The Labute approximate surface area is 286 Å². The molecule has 1 N–H and O–H groups in total. The van der Waals surface area contributed by atoms with Gasteiger partial charge in [0.15, 0.2) is 0 Å². The Morgan fingerprint density at radius 1 is 0.833 bits per heavy atom. The largest absolute Gasteiger partial charge is 0.495 e. The molecule has 48 heavy (non-hydrogen) atoms. The number of hydrogen-bond donors (Lipinski definition) is 1. The maximum absolute atomic E-state index is 14.1. The van der Waals surface area contributed by atoms with Crippen LogP contribution in [0, 0.1) is 6.92 Å². The van der Waals surface area contributed by atoms with Gasteiger partial charge in [0.05, 0.1) is 30.7 Å². The lowest BCUT2D eigenvalue weighted by Gasteiger charge is -2.34. The number of carbonyl (C=O) groups is 3. The minimum atomic E-state index is -0.284. The minimum Gasteiger partial charge on any atom is -0.495 e. The molecule has 0 spiro atoms. The van der Waals surface area contributed by atoms with Crippen LogP contribution in [0.4, 0.5) is 17.1 Å². The summed E-state index contributed by atoms with van der Waals surface area (Å²) in [4.78, 5) is 48.8. The molecule has 2 heterocycles. The molecule has 0 bridgehead atoms. The molecule has 0 unspecified atom stereocenters. The Morgan fingerprint density at radius 3 is 2.33 bits per heavy atom. The molecule has 9 nitrogen and oxygen atoms in total. The summed E-state index contributed by atoms with van der Waals surface area (Å²) in [6, 6.07) is 26.0. The maximum atomic E-state index is 14.1. The first-order valence-electron chi connectivity index (χ1n) is 16.2. The molecule has 3 amide bonds. The van der Waals surface area contributed by atoms with Crippen molar-refractivity contribution in [1.82, 2.24) is 9.80 Å². The highest BCUT2D eigenvalue weighted by molar-refractivity contribution is 6.31. The smallest absolute Gasteiger partial charge is 0.258 e. The molecule has 2 aliphatic rings. The fraction of sp³-hybridized carbons (Fsp3) is 0.289. The number of benzene rings is 4. The number of aryl methyl sites for hydroxylation is 1. The molecular formula is C38H40ClN5O4. The number of fused-ring (bicyclic) bond motifs is 1. The maximum Gasteiger partial charge on any atom is 0.258 e. The molecular weight excluding hydrogens is 626 g/mol. The van der Waals surface area contributed by atoms with Crippen molar-refractivity contribution in [3.63, 3.8) is 0 Å². The Balaban J connectivity index is 1.22. The first-order chi connectivity index (χ1) is 23.2. The third kappa shape index (κ3) is 7.17. The van der Waals surface area contributed by atoms with Crippen LogP contribution in [-0.4, -0.2) is 87.5 Å². The van der Waals surface area contributed by atoms with E-state index in [-0.39, 0.29) is 24.3 Å². The second kappa shape index (κ2) is 14.5. The molecule has 0 atom stereocenters. The standard InChI is InChI=1S/C38H40ClN5O4/c1-26-9-11-27(12-10-26)30-7-4-5-8-31(30)37(46)40-32-15-13-28(23-35(32)48-3)38(47)44-18-6-17-43(34-24-29(39)14-16-33(34)44)25-36(45)42-21-19-41(2)20-22-42/h4-5,7-16,23-24H,6,17-22,25H2,1-3H3,(H,40,46). The van der Waals surface area contributed by atoms with Gasteiger partial charge in [0, 0.05) is 55.4 Å². The average molecular weight is 666 g/mol. The number of carbonyl (C=O) groups excluding carboxylic acids is 3. The lowest BCUT2D eigenvalue weighted by Crippen LogP contribution is -2.50. The number of methoxy groups -OCH3 is 1. The van der Waals surface area contributed by atoms with Crippen molar-refractivity contribution in [3.8, 4) is 16.9 Å². The van der Waals surface area contributed by atoms with Crippen molar-refractivity contribution < 1.29 is 19.1 Å². The topological polar surface area (TPSA) is 85.4 Å². The summed E-state index contributed by atoms with van der Waals surface area (Å²) in [5, 5.41) is 3.51. The van der Waals surface area contributed by atoms with Crippen LogP contribution in [-0.2, 0) is 4.79 Å². The average Bonchev–Trinajstić information content (AvgIpc) is 3.27. The zero-order chi connectivity index (χ0) is 33.8. The van der Waals surface area contributed by atoms with Crippen LogP contribution in [0.1, 0.15) is 32.7 Å². The third-order valence-corrected chi connectivity index (χ3v) is 9.27. The fourth-order valence-corrected chi connectivity index (χ4v) is 6.44. The normalized spacial score (nSPS) is 15.0. The van der Waals surface area contributed by atoms with Crippen molar-refractivity contribution in [3.05, 3.63) is 107 Å². The summed E-state index contributed by atoms with van der Waals surface area (Å²) >= 11 is 6.45. The number of piperazine rings is 1. The van der Waals surface area contributed by atoms with E-state index >= 15 is 0 Å². The number of amides is 3. The number of nitrogens with zero attached hydrogens (tertiary/aromatic N) is 4. The highest BCUT2D eigenvalue weighted by atomic mass is 35.5. The van der Waals surface area contributed by atoms with Crippen LogP contribution in [0.2, 0.25) is 5.02 Å². The van der Waals surface area contributed by atoms with Crippen molar-refractivity contribution in [2.45, 2.75) is 13.3 Å². The van der Waals surface area contributed by atoms with Crippen LogP contribution >= 0.6 is 11.6 Å². The Kier molecular flexibility index (Phi) is 9.98. The highest BCUT2D eigenvalue weighted by Gasteiger charge is 2.29. The SMILES string of the molecule is COc1cc(C(=O)N2CCCN(CC(=O)N3CCN(C)CC3)c3cc(Cl)ccc32)ccc1NC(=O)c1ccccc1-c1ccc(C)cc1. The second-order valence-corrected chi connectivity index (χ2v) is 12.8. The van der Waals surface area contributed by atoms with Gasteiger partial charge in [0.1, 0.15) is 5.75 Å². The summed E-state index contributed by atoms with van der Waals surface area (Å²) in [6.07, 6.45) is 0.666. The van der Waals surface area contributed by atoms with E-state index in [0.29, 0.717) is 65.9 Å². The summed E-state index contributed by atoms with van der Waals surface area (Å²) in [5.74, 6) is -0.0648. The Bertz CT molecular complexity index is 1820. The van der Waals surface area contributed by atoms with Gasteiger partial charge in [-0.2, -0.15) is 0 Å². The van der Waals surface area contributed by atoms with Gasteiger partial charge >= 0.3 is 0 Å². The molecule has 1 saturated heterocycles. The van der Waals surface area contributed by atoms with Gasteiger partial charge in [0.25, 0.3) is 11.8 Å². The van der Waals surface area contributed by atoms with Crippen LogP contribution in [0.3, 0.4) is 0 Å². The molecule has 0 radical (unpaired) electrons. The quantitative estimate of drug-likeness (QED) is 0.253. The summed E-state index contributed by atoms with van der Waals surface area (Å²) in [6.45, 7) is 6.41. The number of rotatable bonds is 7. The number of hydrogen-bond acceptors (Lipinski definition) is 6. The predicted octanol–water partition coefficient (Wildman–Crippen LogP) is 6.21. The lowest BCUT2D eigenvalue weighted by atomic mass is 9.98. The van der Waals surface area contributed by atoms with Gasteiger partial charge in [-0.1, -0.05) is 59.6 Å². The summed E-state index contributed by atoms with van der Waals surface area (Å²) in [5.41, 5.74) is 5.74. The van der Waals surface area contributed by atoms with E-state index in [0.717, 1.165) is 35.5 Å². The molecule has 0 aliphatic carbocycles. The van der Waals surface area contributed by atoms with Crippen LogP contribution < -0.4 is 19.9 Å². The summed E-state index contributed by atoms with van der Waals surface area (Å²) in [7, 11) is 3.57. The van der Waals surface area contributed by atoms with Gasteiger partial charge in [0.2, 0.25) is 5.91 Å². The van der Waals surface area contributed by atoms with Crippen LogP contribution in [0.25, 0.3) is 11.1 Å². The molecule has 0 aromatic heterocycles. The van der Waals surface area contributed by atoms with E-state index in [9.17, 15) is 14.4 Å². The molecule has 248 valence electrons. The van der Waals surface area contributed by atoms with Gasteiger partial charge in [-0.25, -0.2) is 0 Å². The van der Waals surface area contributed by atoms with Crippen LogP contribution in [0.5, 0.6) is 5.75 Å². The number of anilines is 3. The number of likely N-dealkylation sites (N-methyl/N-ethyl adjacent to an activating group) is 1. The third-order valence-electron chi connectivity index (χ3n) is 9.04. The second-order valence-electron chi connectivity index (χ2n) is 12.3. The van der Waals surface area contributed by atoms with Crippen molar-refractivity contribution in [2.75, 3.05) is 75.1 Å². The van der Waals surface area contributed by atoms with E-state index in [1.54, 1.807) is 35.2 Å². The minimum absolute atomic E-state index is 0.0673. The van der Waals surface area contributed by atoms with E-state index in [1.165, 1.54) is 7.11 Å². The van der Waals surface area contributed by atoms with Gasteiger partial charge in [-0.05, 0) is 74.0 Å². The van der Waals surface area contributed by atoms with Crippen molar-refractivity contribution in [1.29, 1.82) is 0 Å². The van der Waals surface area contributed by atoms with Crippen molar-refractivity contribution >= 4 is 46.4 Å². The zero-order valence-corrected chi connectivity index (χ0v) is 28.3. The number of halogens is 1. The van der Waals surface area contributed by atoms with Gasteiger partial charge in [-0.15, -0.1) is 0 Å². The van der Waals surface area contributed by atoms with Gasteiger partial charge in [-0.3, -0.25) is 14.4 Å². The molecule has 2 aliphatic heterocycles. The fourth-order valence-electron chi connectivity index (χ4n) is 6.27. The van der Waals surface area contributed by atoms with E-state index in [4.69, 9.17) is 16.3 Å². The highest BCUT2D eigenvalue weighted by Crippen LogP contribution is 2.37. The zero-order valence-electron chi connectivity index (χ0n) is 27.5. The van der Waals surface area contributed by atoms with E-state index in [1.807, 2.05) is 71.3 Å². The number of nitrogens with one attached hydrogen (secondary N) is 1. The molecule has 4 aromatic rings. The molecule has 6 rings (SSSR count). The Morgan fingerprint density at radius 2 is 1.58 bits per heavy atom. The van der Waals surface area contributed by atoms with Crippen LogP contribution in [0.15, 0.2) is 84.9 Å². The molecule has 0 saturated carbocycles. The molecule has 4 aromatic carbocycles. The van der Waals surface area contributed by atoms with E-state index < -0.39 is 0 Å². The van der Waals surface area contributed by atoms with E-state index in [2.05, 4.69) is 17.3 Å². The summed E-state index contributed by atoms with van der Waals surface area (Å²) < 4.78 is 5.67. The predicted molar refractivity (Wildman–Crippen MR) is 192 cm³/mol. The monoisotopic (exact) mass is 665 g/mol. The van der Waals surface area contributed by atoms with Gasteiger partial charge < -0.3 is 29.7 Å². The molecule has 1 fully saturated rings. The first kappa shape index (κ1) is 33.1. The Hall–Kier alpha value is -4.86. The molecule has 10 heteroatoms.